The maximum atomic E-state index is 13.0. The SMILES string of the molecule is CCc1cc(-c2ccc(S(=O)(=O)NC3CCN(Cc4ccncc4)CC3)s2)c(C)[nH]c1=O. The summed E-state index contributed by atoms with van der Waals surface area (Å²) >= 11 is 1.23. The Hall–Kier alpha value is -2.33. The Morgan fingerprint density at radius 3 is 2.59 bits per heavy atom. The van der Waals surface area contributed by atoms with Crippen LogP contribution in [-0.4, -0.2) is 42.4 Å². The van der Waals surface area contributed by atoms with Crippen LogP contribution in [0.1, 0.15) is 36.6 Å². The van der Waals surface area contributed by atoms with Crippen LogP contribution in [0.2, 0.25) is 0 Å². The number of piperidine rings is 1. The first kappa shape index (κ1) is 22.8. The Kier molecular flexibility index (Phi) is 6.90. The Bertz CT molecular complexity index is 1230. The molecule has 3 aromatic heterocycles. The van der Waals surface area contributed by atoms with E-state index in [2.05, 4.69) is 19.6 Å². The number of nitrogens with one attached hydrogen (secondary N) is 2. The van der Waals surface area contributed by atoms with Gasteiger partial charge in [0.25, 0.3) is 5.56 Å². The molecule has 0 aliphatic carbocycles. The lowest BCUT2D eigenvalue weighted by atomic mass is 10.1. The first-order valence-corrected chi connectivity index (χ1v) is 13.1. The maximum Gasteiger partial charge on any atom is 0.251 e. The quantitative estimate of drug-likeness (QED) is 0.550. The maximum absolute atomic E-state index is 13.0. The number of hydrogen-bond donors (Lipinski definition) is 2. The van der Waals surface area contributed by atoms with Crippen molar-refractivity contribution in [1.29, 1.82) is 0 Å². The van der Waals surface area contributed by atoms with Crippen LogP contribution in [-0.2, 0) is 23.0 Å². The zero-order valence-electron chi connectivity index (χ0n) is 18.3. The molecule has 7 nitrogen and oxygen atoms in total. The van der Waals surface area contributed by atoms with Gasteiger partial charge in [-0.25, -0.2) is 13.1 Å². The zero-order valence-corrected chi connectivity index (χ0v) is 19.9. The Balaban J connectivity index is 1.41. The molecule has 0 atom stereocenters. The second-order valence-corrected chi connectivity index (χ2v) is 11.2. The molecule has 0 unspecified atom stereocenters. The summed E-state index contributed by atoms with van der Waals surface area (Å²) in [7, 11) is -3.59. The van der Waals surface area contributed by atoms with Crippen LogP contribution in [0.5, 0.6) is 0 Å². The molecule has 4 heterocycles. The fourth-order valence-corrected chi connectivity index (χ4v) is 6.73. The number of aryl methyl sites for hydroxylation is 2. The minimum absolute atomic E-state index is 0.0687. The third kappa shape index (κ3) is 5.17. The summed E-state index contributed by atoms with van der Waals surface area (Å²) in [6.45, 7) is 6.32. The molecule has 0 bridgehead atoms. The van der Waals surface area contributed by atoms with E-state index in [0.29, 0.717) is 16.2 Å². The molecule has 3 aromatic rings. The molecule has 1 saturated heterocycles. The molecule has 32 heavy (non-hydrogen) atoms. The highest BCUT2D eigenvalue weighted by Gasteiger charge is 2.26. The van der Waals surface area contributed by atoms with Crippen molar-refractivity contribution in [3.05, 3.63) is 69.9 Å². The zero-order chi connectivity index (χ0) is 22.7. The van der Waals surface area contributed by atoms with Crippen molar-refractivity contribution in [1.82, 2.24) is 19.6 Å². The van der Waals surface area contributed by atoms with Crippen LogP contribution >= 0.6 is 11.3 Å². The standard InChI is InChI=1S/C23H28N4O3S2/c1-3-18-14-20(16(2)25-23(18)28)21-4-5-22(31-21)32(29,30)26-19-8-12-27(13-9-19)15-17-6-10-24-11-7-17/h4-7,10-11,14,19,26H,3,8-9,12-13,15H2,1-2H3,(H,25,28). The average molecular weight is 473 g/mol. The number of sulfonamides is 1. The molecule has 0 saturated carbocycles. The van der Waals surface area contributed by atoms with Crippen molar-refractivity contribution in [2.75, 3.05) is 13.1 Å². The van der Waals surface area contributed by atoms with E-state index in [9.17, 15) is 13.2 Å². The number of hydrogen-bond acceptors (Lipinski definition) is 6. The molecule has 0 radical (unpaired) electrons. The molecular weight excluding hydrogens is 444 g/mol. The van der Waals surface area contributed by atoms with E-state index in [1.807, 2.05) is 38.1 Å². The largest absolute Gasteiger partial charge is 0.326 e. The van der Waals surface area contributed by atoms with Gasteiger partial charge in [0.1, 0.15) is 4.21 Å². The lowest BCUT2D eigenvalue weighted by molar-refractivity contribution is 0.200. The van der Waals surface area contributed by atoms with Gasteiger partial charge in [0.05, 0.1) is 0 Å². The third-order valence-electron chi connectivity index (χ3n) is 5.87. The summed E-state index contributed by atoms with van der Waals surface area (Å²) in [6.07, 6.45) is 5.77. The second-order valence-electron chi connectivity index (χ2n) is 8.16. The van der Waals surface area contributed by atoms with E-state index in [0.717, 1.165) is 48.6 Å². The number of H-pyrrole nitrogens is 1. The minimum Gasteiger partial charge on any atom is -0.326 e. The van der Waals surface area contributed by atoms with Gasteiger partial charge in [0.2, 0.25) is 10.0 Å². The molecule has 2 N–H and O–H groups in total. The van der Waals surface area contributed by atoms with Gasteiger partial charge in [0, 0.05) is 59.8 Å². The van der Waals surface area contributed by atoms with Gasteiger partial charge in [0.15, 0.2) is 0 Å². The normalized spacial score (nSPS) is 15.8. The fraction of sp³-hybridized carbons (Fsp3) is 0.391. The molecule has 4 rings (SSSR count). The Morgan fingerprint density at radius 2 is 1.91 bits per heavy atom. The van der Waals surface area contributed by atoms with Gasteiger partial charge in [-0.2, -0.15) is 0 Å². The number of aromatic nitrogens is 2. The van der Waals surface area contributed by atoms with Gasteiger partial charge < -0.3 is 4.98 Å². The first-order chi connectivity index (χ1) is 15.4. The van der Waals surface area contributed by atoms with Crippen molar-refractivity contribution in [2.45, 2.75) is 49.9 Å². The number of likely N-dealkylation sites (tertiary alicyclic amines) is 1. The molecule has 1 aliphatic rings. The van der Waals surface area contributed by atoms with Gasteiger partial charge >= 0.3 is 0 Å². The number of thiophene rings is 1. The van der Waals surface area contributed by atoms with Crippen molar-refractivity contribution in [3.8, 4) is 10.4 Å². The monoisotopic (exact) mass is 472 g/mol. The van der Waals surface area contributed by atoms with Crippen molar-refractivity contribution in [2.24, 2.45) is 0 Å². The van der Waals surface area contributed by atoms with Crippen LogP contribution in [0.15, 0.2) is 51.7 Å². The van der Waals surface area contributed by atoms with E-state index in [-0.39, 0.29) is 11.6 Å². The highest BCUT2D eigenvalue weighted by atomic mass is 32.2. The van der Waals surface area contributed by atoms with Crippen molar-refractivity contribution < 1.29 is 8.42 Å². The number of pyridine rings is 2. The molecular formula is C23H28N4O3S2. The number of rotatable bonds is 7. The third-order valence-corrected chi connectivity index (χ3v) is 9.00. The molecule has 1 fully saturated rings. The summed E-state index contributed by atoms with van der Waals surface area (Å²) < 4.78 is 29.2. The summed E-state index contributed by atoms with van der Waals surface area (Å²) in [5.74, 6) is 0. The number of nitrogens with zero attached hydrogens (tertiary/aromatic N) is 2. The van der Waals surface area contributed by atoms with Gasteiger partial charge in [-0.05, 0) is 62.1 Å². The summed E-state index contributed by atoms with van der Waals surface area (Å²) in [5.41, 5.74) is 3.44. The number of aromatic amines is 1. The van der Waals surface area contributed by atoms with Crippen LogP contribution in [0.3, 0.4) is 0 Å². The molecule has 1 aliphatic heterocycles. The molecule has 0 aromatic carbocycles. The molecule has 9 heteroatoms. The first-order valence-electron chi connectivity index (χ1n) is 10.8. The predicted octanol–water partition coefficient (Wildman–Crippen LogP) is 3.31. The molecule has 170 valence electrons. The predicted molar refractivity (Wildman–Crippen MR) is 127 cm³/mol. The van der Waals surface area contributed by atoms with Crippen LogP contribution in [0, 0.1) is 6.92 Å². The molecule has 0 amide bonds. The van der Waals surface area contributed by atoms with E-state index in [4.69, 9.17) is 0 Å². The van der Waals surface area contributed by atoms with E-state index in [1.165, 1.54) is 16.9 Å². The highest BCUT2D eigenvalue weighted by molar-refractivity contribution is 7.91. The lowest BCUT2D eigenvalue weighted by Crippen LogP contribution is -2.44. The summed E-state index contributed by atoms with van der Waals surface area (Å²) in [6, 6.07) is 9.28. The van der Waals surface area contributed by atoms with Gasteiger partial charge in [-0.1, -0.05) is 6.92 Å². The minimum atomic E-state index is -3.59. The van der Waals surface area contributed by atoms with E-state index < -0.39 is 10.0 Å². The van der Waals surface area contributed by atoms with Crippen molar-refractivity contribution >= 4 is 21.4 Å². The van der Waals surface area contributed by atoms with Crippen molar-refractivity contribution in [3.63, 3.8) is 0 Å². The Labute approximate surface area is 192 Å². The van der Waals surface area contributed by atoms with Gasteiger partial charge in [-0.15, -0.1) is 11.3 Å². The topological polar surface area (TPSA) is 95.2 Å². The summed E-state index contributed by atoms with van der Waals surface area (Å²) in [4.78, 5) is 22.1. The van der Waals surface area contributed by atoms with E-state index >= 15 is 0 Å². The van der Waals surface area contributed by atoms with Crippen LogP contribution in [0.4, 0.5) is 0 Å². The van der Waals surface area contributed by atoms with Crippen LogP contribution < -0.4 is 10.3 Å². The average Bonchev–Trinajstić information content (AvgIpc) is 3.27. The van der Waals surface area contributed by atoms with Crippen LogP contribution in [0.25, 0.3) is 10.4 Å². The fourth-order valence-electron chi connectivity index (χ4n) is 4.03. The van der Waals surface area contributed by atoms with E-state index in [1.54, 1.807) is 18.5 Å². The highest BCUT2D eigenvalue weighted by Crippen LogP contribution is 2.32. The summed E-state index contributed by atoms with van der Waals surface area (Å²) in [5, 5.41) is 0. The van der Waals surface area contributed by atoms with Gasteiger partial charge in [-0.3, -0.25) is 14.7 Å². The lowest BCUT2D eigenvalue weighted by Gasteiger charge is -2.32. The molecule has 0 spiro atoms. The smallest absolute Gasteiger partial charge is 0.251 e. The Morgan fingerprint density at radius 1 is 1.19 bits per heavy atom. The second kappa shape index (κ2) is 9.66.